The highest BCUT2D eigenvalue weighted by Crippen LogP contribution is 2.27. The number of hydrogen-bond acceptors (Lipinski definition) is 5. The molecule has 0 aromatic carbocycles. The molecule has 0 spiro atoms. The maximum atomic E-state index is 5.03. The van der Waals surface area contributed by atoms with Crippen LogP contribution in [0.4, 0.5) is 0 Å². The molecule has 5 heteroatoms. The minimum absolute atomic E-state index is 0.623. The highest BCUT2D eigenvalue weighted by molar-refractivity contribution is 7.15. The fraction of sp³-hybridized carbons (Fsp3) is 0.571. The van der Waals surface area contributed by atoms with Crippen LogP contribution in [0.5, 0.6) is 0 Å². The van der Waals surface area contributed by atoms with Crippen LogP contribution in [-0.2, 0) is 6.54 Å². The number of thiophene rings is 1. The summed E-state index contributed by atoms with van der Waals surface area (Å²) in [4.78, 5) is 9.32. The standard InChI is InChI=1S/C14H19N3OS/c1-11-15-14(16-18-11)13-7-6-12(19-13)10-17-8-4-2-3-5-9-17/h6-7H,2-5,8-10H2,1H3. The van der Waals surface area contributed by atoms with Crippen molar-refractivity contribution >= 4 is 11.3 Å². The molecule has 1 aliphatic rings. The monoisotopic (exact) mass is 277 g/mol. The van der Waals surface area contributed by atoms with Gasteiger partial charge in [-0.25, -0.2) is 0 Å². The van der Waals surface area contributed by atoms with Gasteiger partial charge in [-0.1, -0.05) is 18.0 Å². The zero-order valence-corrected chi connectivity index (χ0v) is 12.1. The van der Waals surface area contributed by atoms with Crippen LogP contribution in [0.25, 0.3) is 10.7 Å². The second kappa shape index (κ2) is 5.84. The molecule has 19 heavy (non-hydrogen) atoms. The normalized spacial score (nSPS) is 17.5. The first-order chi connectivity index (χ1) is 9.31. The molecule has 0 aliphatic carbocycles. The summed E-state index contributed by atoms with van der Waals surface area (Å²) in [5.41, 5.74) is 0. The summed E-state index contributed by atoms with van der Waals surface area (Å²) < 4.78 is 5.03. The van der Waals surface area contributed by atoms with Crippen molar-refractivity contribution in [1.29, 1.82) is 0 Å². The zero-order valence-electron chi connectivity index (χ0n) is 11.3. The van der Waals surface area contributed by atoms with E-state index in [4.69, 9.17) is 4.52 Å². The Labute approximate surface area is 117 Å². The summed E-state index contributed by atoms with van der Waals surface area (Å²) >= 11 is 1.77. The molecule has 0 bridgehead atoms. The molecule has 0 amide bonds. The van der Waals surface area contributed by atoms with Crippen LogP contribution in [0.2, 0.25) is 0 Å². The van der Waals surface area contributed by atoms with Crippen LogP contribution in [0.3, 0.4) is 0 Å². The Morgan fingerprint density at radius 1 is 1.21 bits per heavy atom. The average molecular weight is 277 g/mol. The van der Waals surface area contributed by atoms with Gasteiger partial charge in [0.15, 0.2) is 0 Å². The first-order valence-electron chi connectivity index (χ1n) is 6.93. The van der Waals surface area contributed by atoms with Crippen molar-refractivity contribution in [2.75, 3.05) is 13.1 Å². The fourth-order valence-electron chi connectivity index (χ4n) is 2.50. The van der Waals surface area contributed by atoms with Gasteiger partial charge in [-0.05, 0) is 38.1 Å². The van der Waals surface area contributed by atoms with Crippen molar-refractivity contribution in [3.8, 4) is 10.7 Å². The SMILES string of the molecule is Cc1nc(-c2ccc(CN3CCCCCC3)s2)no1. The van der Waals surface area contributed by atoms with E-state index >= 15 is 0 Å². The third-order valence-electron chi connectivity index (χ3n) is 3.49. The number of nitrogens with zero attached hydrogens (tertiary/aromatic N) is 3. The number of hydrogen-bond donors (Lipinski definition) is 0. The highest BCUT2D eigenvalue weighted by Gasteiger charge is 2.13. The van der Waals surface area contributed by atoms with Crippen molar-refractivity contribution in [3.05, 3.63) is 22.9 Å². The van der Waals surface area contributed by atoms with Gasteiger partial charge in [0.1, 0.15) is 0 Å². The van der Waals surface area contributed by atoms with E-state index in [0.29, 0.717) is 11.7 Å². The molecule has 0 N–H and O–H groups in total. The van der Waals surface area contributed by atoms with Gasteiger partial charge in [-0.15, -0.1) is 11.3 Å². The molecular formula is C14H19N3OS. The van der Waals surface area contributed by atoms with Crippen LogP contribution >= 0.6 is 11.3 Å². The van der Waals surface area contributed by atoms with E-state index in [1.807, 2.05) is 6.92 Å². The molecule has 2 aromatic rings. The Bertz CT molecular complexity index is 526. The molecule has 0 saturated carbocycles. The van der Waals surface area contributed by atoms with Gasteiger partial charge in [0.2, 0.25) is 11.7 Å². The summed E-state index contributed by atoms with van der Waals surface area (Å²) in [6.45, 7) is 5.34. The predicted octanol–water partition coefficient (Wildman–Crippen LogP) is 3.48. The number of likely N-dealkylation sites (tertiary alicyclic amines) is 1. The van der Waals surface area contributed by atoms with E-state index < -0.39 is 0 Å². The molecule has 0 atom stereocenters. The van der Waals surface area contributed by atoms with Crippen molar-refractivity contribution in [1.82, 2.24) is 15.0 Å². The van der Waals surface area contributed by atoms with E-state index in [1.54, 1.807) is 11.3 Å². The maximum Gasteiger partial charge on any atom is 0.223 e. The van der Waals surface area contributed by atoms with Crippen molar-refractivity contribution in [2.45, 2.75) is 39.2 Å². The first-order valence-corrected chi connectivity index (χ1v) is 7.75. The van der Waals surface area contributed by atoms with Crippen LogP contribution in [-0.4, -0.2) is 28.1 Å². The van der Waals surface area contributed by atoms with E-state index in [9.17, 15) is 0 Å². The zero-order chi connectivity index (χ0) is 13.1. The minimum Gasteiger partial charge on any atom is -0.339 e. The van der Waals surface area contributed by atoms with Gasteiger partial charge in [0.05, 0.1) is 4.88 Å². The van der Waals surface area contributed by atoms with Gasteiger partial charge in [-0.2, -0.15) is 4.98 Å². The molecule has 4 nitrogen and oxygen atoms in total. The Morgan fingerprint density at radius 3 is 2.68 bits per heavy atom. The van der Waals surface area contributed by atoms with Gasteiger partial charge in [0, 0.05) is 18.3 Å². The van der Waals surface area contributed by atoms with Crippen LogP contribution in [0.1, 0.15) is 36.5 Å². The second-order valence-corrected chi connectivity index (χ2v) is 6.26. The van der Waals surface area contributed by atoms with Gasteiger partial charge >= 0.3 is 0 Å². The number of aromatic nitrogens is 2. The summed E-state index contributed by atoms with van der Waals surface area (Å²) in [5, 5.41) is 3.97. The Hall–Kier alpha value is -1.20. The van der Waals surface area contributed by atoms with Gasteiger partial charge in [0.25, 0.3) is 0 Å². The van der Waals surface area contributed by atoms with Gasteiger partial charge < -0.3 is 4.52 Å². The summed E-state index contributed by atoms with van der Waals surface area (Å²) in [7, 11) is 0. The molecule has 1 fully saturated rings. The van der Waals surface area contributed by atoms with Crippen LogP contribution in [0, 0.1) is 6.92 Å². The quantitative estimate of drug-likeness (QED) is 0.861. The molecule has 3 rings (SSSR count). The minimum atomic E-state index is 0.623. The number of rotatable bonds is 3. The molecule has 2 aromatic heterocycles. The van der Waals surface area contributed by atoms with E-state index in [-0.39, 0.29) is 0 Å². The molecule has 1 aliphatic heterocycles. The average Bonchev–Trinajstić information content (AvgIpc) is 2.94. The van der Waals surface area contributed by atoms with Crippen molar-refractivity contribution in [2.24, 2.45) is 0 Å². The maximum absolute atomic E-state index is 5.03. The lowest BCUT2D eigenvalue weighted by Gasteiger charge is -2.18. The molecule has 102 valence electrons. The van der Waals surface area contributed by atoms with E-state index in [2.05, 4.69) is 27.2 Å². The lowest BCUT2D eigenvalue weighted by molar-refractivity contribution is 0.279. The molecule has 1 saturated heterocycles. The van der Waals surface area contributed by atoms with Crippen molar-refractivity contribution < 1.29 is 4.52 Å². The van der Waals surface area contributed by atoms with E-state index in [0.717, 1.165) is 11.4 Å². The summed E-state index contributed by atoms with van der Waals surface area (Å²) in [6.07, 6.45) is 5.44. The lowest BCUT2D eigenvalue weighted by atomic mass is 10.2. The summed E-state index contributed by atoms with van der Waals surface area (Å²) in [5.74, 6) is 1.34. The number of aryl methyl sites for hydroxylation is 1. The Morgan fingerprint density at radius 2 is 2.00 bits per heavy atom. The molecule has 3 heterocycles. The van der Waals surface area contributed by atoms with Crippen LogP contribution < -0.4 is 0 Å². The topological polar surface area (TPSA) is 42.2 Å². The predicted molar refractivity (Wildman–Crippen MR) is 76.1 cm³/mol. The smallest absolute Gasteiger partial charge is 0.223 e. The third kappa shape index (κ3) is 3.22. The first kappa shape index (κ1) is 12.8. The second-order valence-electron chi connectivity index (χ2n) is 5.09. The Kier molecular flexibility index (Phi) is 3.94. The lowest BCUT2D eigenvalue weighted by Crippen LogP contribution is -2.23. The van der Waals surface area contributed by atoms with Crippen LogP contribution in [0.15, 0.2) is 16.7 Å². The molecule has 0 unspecified atom stereocenters. The highest BCUT2D eigenvalue weighted by atomic mass is 32.1. The fourth-order valence-corrected chi connectivity index (χ4v) is 3.47. The van der Waals surface area contributed by atoms with Crippen molar-refractivity contribution in [3.63, 3.8) is 0 Å². The third-order valence-corrected chi connectivity index (χ3v) is 4.55. The largest absolute Gasteiger partial charge is 0.339 e. The Balaban J connectivity index is 1.67. The van der Waals surface area contributed by atoms with E-state index in [1.165, 1.54) is 43.6 Å². The van der Waals surface area contributed by atoms with Gasteiger partial charge in [-0.3, -0.25) is 4.90 Å². The molecular weight excluding hydrogens is 258 g/mol. The molecule has 0 radical (unpaired) electrons. The summed E-state index contributed by atoms with van der Waals surface area (Å²) in [6, 6.07) is 4.29.